The van der Waals surface area contributed by atoms with Gasteiger partial charge in [0.05, 0.1) is 28.3 Å². The number of aromatic carboxylic acids is 1. The van der Waals surface area contributed by atoms with Crippen molar-refractivity contribution in [1.82, 2.24) is 4.57 Å². The first-order chi connectivity index (χ1) is 14.5. The number of benzene rings is 1. The molecule has 166 valence electrons. The van der Waals surface area contributed by atoms with Gasteiger partial charge in [0.1, 0.15) is 17.9 Å². The molecule has 0 spiro atoms. The molecule has 6 nitrogen and oxygen atoms in total. The van der Waals surface area contributed by atoms with Crippen molar-refractivity contribution in [2.24, 2.45) is 11.3 Å². The minimum Gasteiger partial charge on any atom is -0.477 e. The van der Waals surface area contributed by atoms with Crippen molar-refractivity contribution in [1.29, 1.82) is 0 Å². The fourth-order valence-electron chi connectivity index (χ4n) is 5.18. The Labute approximate surface area is 176 Å². The highest BCUT2D eigenvalue weighted by atomic mass is 19.1. The molecule has 1 aliphatic heterocycles. The summed E-state index contributed by atoms with van der Waals surface area (Å²) in [6, 6.07) is -0.650. The summed E-state index contributed by atoms with van der Waals surface area (Å²) in [5, 5.41) is 9.16. The number of aromatic nitrogens is 1. The van der Waals surface area contributed by atoms with Crippen LogP contribution in [0, 0.1) is 24.1 Å². The molecule has 3 aliphatic rings. The fraction of sp³-hybridized carbons (Fsp3) is 0.545. The van der Waals surface area contributed by atoms with Crippen molar-refractivity contribution >= 4 is 28.2 Å². The summed E-state index contributed by atoms with van der Waals surface area (Å²) >= 11 is 0. The van der Waals surface area contributed by atoms with Gasteiger partial charge in [-0.2, -0.15) is 0 Å². The van der Waals surface area contributed by atoms with E-state index in [9.17, 15) is 23.5 Å². The van der Waals surface area contributed by atoms with Gasteiger partial charge in [0.15, 0.2) is 5.82 Å². The number of carboxylic acid groups (broad SMARTS) is 1. The standard InChI is InChI=1S/C22H24F3N3O3/c1-9-18-15(20(29)10(21(30)31)6-28(18)14-5-12(14)23)17(26)16(25)19(9)27-7-11(13(24)8-27)22(2)3-4-22/h6,11-14H,3-5,7-8,26H2,1-2H3,(H,30,31)/t11-,12-,13+,14+/m0/s1. The maximum Gasteiger partial charge on any atom is 0.341 e. The number of aryl methyl sites for hydroxylation is 1. The van der Waals surface area contributed by atoms with Gasteiger partial charge in [-0.1, -0.05) is 6.92 Å². The van der Waals surface area contributed by atoms with E-state index in [1.165, 1.54) is 4.57 Å². The quantitative estimate of drug-likeness (QED) is 0.717. The molecule has 31 heavy (non-hydrogen) atoms. The Bertz CT molecular complexity index is 1190. The van der Waals surface area contributed by atoms with Gasteiger partial charge < -0.3 is 20.3 Å². The lowest BCUT2D eigenvalue weighted by atomic mass is 9.89. The normalized spacial score (nSPS) is 28.9. The van der Waals surface area contributed by atoms with Crippen LogP contribution in [0.4, 0.5) is 24.5 Å². The van der Waals surface area contributed by atoms with Crippen LogP contribution in [0.2, 0.25) is 0 Å². The summed E-state index contributed by atoms with van der Waals surface area (Å²) < 4.78 is 45.7. The average Bonchev–Trinajstić information content (AvgIpc) is 3.58. The fourth-order valence-corrected chi connectivity index (χ4v) is 5.18. The molecule has 4 atom stereocenters. The third-order valence-electron chi connectivity index (χ3n) is 7.43. The SMILES string of the molecule is Cc1c(N2C[C@@H](F)[C@@H](C3(C)CC3)C2)c(F)c(N)c2c(=O)c(C(=O)O)cn([C@@H]3C[C@@H]3F)c12. The van der Waals surface area contributed by atoms with Gasteiger partial charge in [-0.25, -0.2) is 18.0 Å². The van der Waals surface area contributed by atoms with Crippen LogP contribution in [0.3, 0.4) is 0 Å². The first-order valence-electron chi connectivity index (χ1n) is 10.5. The van der Waals surface area contributed by atoms with Crippen LogP contribution in [-0.4, -0.2) is 41.1 Å². The third-order valence-corrected chi connectivity index (χ3v) is 7.43. The van der Waals surface area contributed by atoms with E-state index in [1.54, 1.807) is 11.8 Å². The molecule has 0 radical (unpaired) electrons. The van der Waals surface area contributed by atoms with E-state index >= 15 is 4.39 Å². The Morgan fingerprint density at radius 3 is 2.45 bits per heavy atom. The van der Waals surface area contributed by atoms with Crippen LogP contribution in [-0.2, 0) is 0 Å². The number of halogens is 3. The predicted molar refractivity (Wildman–Crippen MR) is 111 cm³/mol. The molecule has 1 saturated heterocycles. The van der Waals surface area contributed by atoms with Crippen LogP contribution in [0.5, 0.6) is 0 Å². The van der Waals surface area contributed by atoms with E-state index in [0.717, 1.165) is 19.0 Å². The first-order valence-corrected chi connectivity index (χ1v) is 10.5. The number of rotatable bonds is 4. The van der Waals surface area contributed by atoms with Gasteiger partial charge in [0, 0.05) is 31.6 Å². The Morgan fingerprint density at radius 2 is 1.90 bits per heavy atom. The molecule has 9 heteroatoms. The van der Waals surface area contributed by atoms with Crippen LogP contribution in [0.25, 0.3) is 10.9 Å². The van der Waals surface area contributed by atoms with Crippen molar-refractivity contribution in [3.63, 3.8) is 0 Å². The van der Waals surface area contributed by atoms with Crippen LogP contribution in [0.1, 0.15) is 48.1 Å². The van der Waals surface area contributed by atoms with E-state index in [2.05, 4.69) is 0 Å². The third kappa shape index (κ3) is 2.85. The number of carbonyl (C=O) groups is 1. The molecule has 2 aliphatic carbocycles. The highest BCUT2D eigenvalue weighted by Crippen LogP contribution is 2.55. The molecule has 2 heterocycles. The van der Waals surface area contributed by atoms with Crippen LogP contribution < -0.4 is 16.1 Å². The number of fused-ring (bicyclic) bond motifs is 1. The van der Waals surface area contributed by atoms with E-state index in [-0.39, 0.29) is 40.9 Å². The second kappa shape index (κ2) is 6.40. The lowest BCUT2D eigenvalue weighted by Gasteiger charge is -2.26. The molecule has 0 unspecified atom stereocenters. The Balaban J connectivity index is 1.74. The summed E-state index contributed by atoms with van der Waals surface area (Å²) in [6.07, 6.45) is 0.844. The first kappa shape index (κ1) is 20.2. The molecule has 1 aromatic carbocycles. The molecule has 2 saturated carbocycles. The van der Waals surface area contributed by atoms with Crippen molar-refractivity contribution in [3.8, 4) is 0 Å². The number of nitrogens with two attached hydrogens (primary N) is 1. The highest BCUT2D eigenvalue weighted by molar-refractivity contribution is 6.01. The number of pyridine rings is 1. The van der Waals surface area contributed by atoms with Gasteiger partial charge >= 0.3 is 5.97 Å². The lowest BCUT2D eigenvalue weighted by molar-refractivity contribution is 0.0694. The summed E-state index contributed by atoms with van der Waals surface area (Å²) in [5.74, 6) is -2.57. The van der Waals surface area contributed by atoms with Gasteiger partial charge in [0.2, 0.25) is 5.43 Å². The van der Waals surface area contributed by atoms with Gasteiger partial charge in [0.25, 0.3) is 0 Å². The largest absolute Gasteiger partial charge is 0.477 e. The van der Waals surface area contributed by atoms with Crippen molar-refractivity contribution < 1.29 is 23.1 Å². The van der Waals surface area contributed by atoms with Gasteiger partial charge in [-0.05, 0) is 30.7 Å². The molecule has 0 amide bonds. The maximum atomic E-state index is 15.5. The Hall–Kier alpha value is -2.71. The molecular formula is C22H24F3N3O3. The molecule has 3 N–H and O–H groups in total. The number of nitrogens with zero attached hydrogens (tertiary/aromatic N) is 2. The van der Waals surface area contributed by atoms with Gasteiger partial charge in [-0.3, -0.25) is 4.79 Å². The van der Waals surface area contributed by atoms with Crippen molar-refractivity contribution in [2.45, 2.75) is 51.5 Å². The Morgan fingerprint density at radius 1 is 1.26 bits per heavy atom. The highest BCUT2D eigenvalue weighted by Gasteiger charge is 2.52. The van der Waals surface area contributed by atoms with Crippen molar-refractivity contribution in [3.05, 3.63) is 33.4 Å². The molecule has 1 aromatic heterocycles. The summed E-state index contributed by atoms with van der Waals surface area (Å²) in [5.41, 5.74) is 4.61. The topological polar surface area (TPSA) is 88.6 Å². The lowest BCUT2D eigenvalue weighted by Crippen LogP contribution is -2.26. The number of carboxylic acids is 1. The minimum atomic E-state index is -1.49. The second-order valence-electron chi connectivity index (χ2n) is 9.51. The van der Waals surface area contributed by atoms with Gasteiger partial charge in [-0.15, -0.1) is 0 Å². The second-order valence-corrected chi connectivity index (χ2v) is 9.51. The van der Waals surface area contributed by atoms with E-state index in [1.807, 2.05) is 6.92 Å². The predicted octanol–water partition coefficient (Wildman–Crippen LogP) is 3.59. The number of anilines is 2. The summed E-state index contributed by atoms with van der Waals surface area (Å²) in [4.78, 5) is 26.0. The molecule has 3 fully saturated rings. The molecular weight excluding hydrogens is 411 g/mol. The zero-order chi connectivity index (χ0) is 22.4. The molecule has 0 bridgehead atoms. The van der Waals surface area contributed by atoms with E-state index in [0.29, 0.717) is 12.1 Å². The van der Waals surface area contributed by atoms with Crippen LogP contribution in [0.15, 0.2) is 11.0 Å². The summed E-state index contributed by atoms with van der Waals surface area (Å²) in [6.45, 7) is 3.96. The Kier molecular flexibility index (Phi) is 4.17. The minimum absolute atomic E-state index is 0.00949. The number of hydrogen-bond acceptors (Lipinski definition) is 4. The van der Waals surface area contributed by atoms with Crippen molar-refractivity contribution in [2.75, 3.05) is 23.7 Å². The maximum absolute atomic E-state index is 15.5. The zero-order valence-corrected chi connectivity index (χ0v) is 17.3. The number of alkyl halides is 2. The van der Waals surface area contributed by atoms with E-state index in [4.69, 9.17) is 5.73 Å². The monoisotopic (exact) mass is 435 g/mol. The average molecular weight is 435 g/mol. The van der Waals surface area contributed by atoms with Crippen LogP contribution >= 0.6 is 0 Å². The zero-order valence-electron chi connectivity index (χ0n) is 17.3. The number of hydrogen-bond donors (Lipinski definition) is 2. The molecule has 2 aromatic rings. The summed E-state index contributed by atoms with van der Waals surface area (Å²) in [7, 11) is 0. The number of nitrogen functional groups attached to an aromatic ring is 1. The van der Waals surface area contributed by atoms with E-state index < -0.39 is 46.9 Å². The molecule has 5 rings (SSSR count). The smallest absolute Gasteiger partial charge is 0.341 e.